The summed E-state index contributed by atoms with van der Waals surface area (Å²) in [6.45, 7) is 12.1. The first-order valence-electron chi connectivity index (χ1n) is 11.6. The highest BCUT2D eigenvalue weighted by molar-refractivity contribution is 7.53. The van der Waals surface area contributed by atoms with Gasteiger partial charge in [0.1, 0.15) is 0 Å². The Labute approximate surface area is 204 Å². The van der Waals surface area contributed by atoms with Crippen LogP contribution in [0.5, 0.6) is 0 Å². The molecule has 2 heterocycles. The van der Waals surface area contributed by atoms with Gasteiger partial charge in [-0.1, -0.05) is 24.3 Å². The van der Waals surface area contributed by atoms with Gasteiger partial charge in [0.25, 0.3) is 0 Å². The molecule has 1 aromatic heterocycles. The van der Waals surface area contributed by atoms with Crippen molar-refractivity contribution >= 4 is 30.5 Å². The van der Waals surface area contributed by atoms with Gasteiger partial charge in [-0.25, -0.2) is 13.8 Å². The van der Waals surface area contributed by atoms with E-state index in [2.05, 4.69) is 10.3 Å². The van der Waals surface area contributed by atoms with Crippen LogP contribution in [0.3, 0.4) is 0 Å². The largest absolute Gasteiger partial charge is 0.370 e. The molecule has 0 atom stereocenters. The van der Waals surface area contributed by atoms with Crippen molar-refractivity contribution in [2.75, 3.05) is 0 Å². The third kappa shape index (κ3) is 6.00. The zero-order valence-electron chi connectivity index (χ0n) is 21.0. The molecule has 0 amide bonds. The van der Waals surface area contributed by atoms with E-state index in [1.54, 1.807) is 6.34 Å². The normalized spacial score (nSPS) is 14.3. The molecule has 35 heavy (non-hydrogen) atoms. The molecule has 0 saturated heterocycles. The van der Waals surface area contributed by atoms with Crippen LogP contribution in [-0.4, -0.2) is 22.1 Å². The van der Waals surface area contributed by atoms with E-state index >= 15 is 0 Å². The number of nitrogens with zero attached hydrogens (tertiary/aromatic N) is 2. The highest BCUT2D eigenvalue weighted by Crippen LogP contribution is 2.56. The molecule has 3 aromatic rings. The maximum absolute atomic E-state index is 14.1. The number of benzene rings is 2. The second-order valence-corrected chi connectivity index (χ2v) is 12.7. The molecule has 0 aliphatic carbocycles. The van der Waals surface area contributed by atoms with E-state index in [1.165, 1.54) is 12.1 Å². The monoisotopic (exact) mass is 503 g/mol. The summed E-state index contributed by atoms with van der Waals surface area (Å²) in [6.07, 6.45) is 1.71. The van der Waals surface area contributed by atoms with Crippen LogP contribution in [-0.2, 0) is 32.9 Å². The summed E-state index contributed by atoms with van der Waals surface area (Å²) in [5.74, 6) is -1.79. The Morgan fingerprint density at radius 2 is 1.54 bits per heavy atom. The number of hydrogen-bond acceptors (Lipinski definition) is 5. The Balaban J connectivity index is 1.62. The fourth-order valence-electron chi connectivity index (χ4n) is 4.21. The summed E-state index contributed by atoms with van der Waals surface area (Å²) in [5.41, 5.74) is 2.62. The molecule has 6 nitrogen and oxygen atoms in total. The zero-order chi connectivity index (χ0) is 25.6. The summed E-state index contributed by atoms with van der Waals surface area (Å²) < 4.78 is 55.4. The molecule has 4 rings (SSSR count). The molecular weight excluding hydrogens is 471 g/mol. The molecule has 188 valence electrons. The van der Waals surface area contributed by atoms with Crippen molar-refractivity contribution in [3.8, 4) is 0 Å². The molecule has 0 saturated carbocycles. The number of fused-ring (bicyclic) bond motifs is 3. The van der Waals surface area contributed by atoms with E-state index in [1.807, 2.05) is 70.4 Å². The maximum Gasteiger partial charge on any atom is 0.336 e. The van der Waals surface area contributed by atoms with Gasteiger partial charge in [-0.3, -0.25) is 4.57 Å². The minimum Gasteiger partial charge on any atom is -0.370 e. The Morgan fingerprint density at radius 1 is 0.971 bits per heavy atom. The maximum atomic E-state index is 14.1. The fraction of sp³-hybridized carbons (Fsp3) is 0.423. The van der Waals surface area contributed by atoms with Crippen molar-refractivity contribution in [2.45, 2.75) is 72.0 Å². The van der Waals surface area contributed by atoms with E-state index in [0.717, 1.165) is 16.8 Å². The number of nitrogens with one attached hydrogen (secondary N) is 1. The second kappa shape index (κ2) is 9.16. The van der Waals surface area contributed by atoms with Crippen LogP contribution in [0.25, 0.3) is 10.9 Å². The zero-order valence-corrected chi connectivity index (χ0v) is 21.9. The smallest absolute Gasteiger partial charge is 0.336 e. The van der Waals surface area contributed by atoms with Crippen molar-refractivity contribution in [3.63, 3.8) is 0 Å². The Hall–Kier alpha value is -2.54. The first-order valence-corrected chi connectivity index (χ1v) is 13.3. The third-order valence-electron chi connectivity index (χ3n) is 5.30. The molecular formula is C26H32F2N3O3P. The van der Waals surface area contributed by atoms with Crippen molar-refractivity contribution in [2.24, 2.45) is 4.99 Å². The molecule has 0 unspecified atom stereocenters. The van der Waals surface area contributed by atoms with Gasteiger partial charge in [-0.2, -0.15) is 0 Å². The predicted molar refractivity (Wildman–Crippen MR) is 135 cm³/mol. The van der Waals surface area contributed by atoms with E-state index in [0.29, 0.717) is 29.7 Å². The number of hydrogen-bond donors (Lipinski definition) is 1. The lowest BCUT2D eigenvalue weighted by molar-refractivity contribution is 0.0485. The summed E-state index contributed by atoms with van der Waals surface area (Å²) in [7, 11) is -3.42. The van der Waals surface area contributed by atoms with Gasteiger partial charge < -0.3 is 18.9 Å². The van der Waals surface area contributed by atoms with Crippen LogP contribution in [0.2, 0.25) is 0 Å². The van der Waals surface area contributed by atoms with Crippen molar-refractivity contribution < 1.29 is 22.4 Å². The quantitative estimate of drug-likeness (QED) is 0.366. The number of rotatable bonds is 6. The van der Waals surface area contributed by atoms with Gasteiger partial charge in [-0.05, 0) is 58.7 Å². The van der Waals surface area contributed by atoms with Crippen LogP contribution < -0.4 is 5.32 Å². The van der Waals surface area contributed by atoms with Crippen LogP contribution >= 0.6 is 7.60 Å². The summed E-state index contributed by atoms with van der Waals surface area (Å²) in [4.78, 5) is 4.36. The lowest BCUT2D eigenvalue weighted by atomic mass is 10.1. The molecule has 9 heteroatoms. The standard InChI is InChI=1S/C26H32F2N3O3P/c1-25(2,3)33-35(32,34-26(4,5)6)15-18-9-7-17(8-10-18)14-31-22-12-21(28)20(27)11-19(22)24-23(31)13-29-16-30-24/h7-12,16H,13-15H2,1-6H3,(H,29,30). The van der Waals surface area contributed by atoms with Gasteiger partial charge >= 0.3 is 7.60 Å². The third-order valence-corrected chi connectivity index (χ3v) is 7.71. The molecule has 0 bridgehead atoms. The summed E-state index contributed by atoms with van der Waals surface area (Å²) >= 11 is 0. The molecule has 1 N–H and O–H groups in total. The molecule has 1 aliphatic heterocycles. The second-order valence-electron chi connectivity index (χ2n) is 10.8. The Bertz CT molecular complexity index is 1300. The van der Waals surface area contributed by atoms with E-state index in [-0.39, 0.29) is 6.16 Å². The summed E-state index contributed by atoms with van der Waals surface area (Å²) in [5, 5.41) is 3.65. The average molecular weight is 504 g/mol. The van der Waals surface area contributed by atoms with E-state index in [4.69, 9.17) is 9.05 Å². The fourth-order valence-corrected chi connectivity index (χ4v) is 6.70. The molecule has 1 aliphatic rings. The first kappa shape index (κ1) is 25.5. The van der Waals surface area contributed by atoms with Crippen molar-refractivity contribution in [1.82, 2.24) is 9.88 Å². The highest BCUT2D eigenvalue weighted by atomic mass is 31.2. The Kier molecular flexibility index (Phi) is 6.68. The lowest BCUT2D eigenvalue weighted by Crippen LogP contribution is -2.24. The van der Waals surface area contributed by atoms with E-state index < -0.39 is 30.4 Å². The predicted octanol–water partition coefficient (Wildman–Crippen LogP) is 7.05. The molecule has 2 aromatic carbocycles. The van der Waals surface area contributed by atoms with Crippen LogP contribution in [0.1, 0.15) is 58.4 Å². The number of aromatic nitrogens is 1. The molecule has 0 spiro atoms. The average Bonchev–Trinajstić information content (AvgIpc) is 3.00. The van der Waals surface area contributed by atoms with Crippen molar-refractivity contribution in [3.05, 3.63) is 64.9 Å². The van der Waals surface area contributed by atoms with Gasteiger partial charge in [0.05, 0.1) is 47.1 Å². The van der Waals surface area contributed by atoms with Gasteiger partial charge in [0.15, 0.2) is 11.6 Å². The Morgan fingerprint density at radius 3 is 2.14 bits per heavy atom. The SMILES string of the molecule is CC(C)(C)OP(=O)(Cc1ccc(Cn2c3c(c4cc(F)c(F)cc42)N=CNC3)cc1)OC(C)(C)C. The minimum absolute atomic E-state index is 0.146. The summed E-state index contributed by atoms with van der Waals surface area (Å²) in [6, 6.07) is 10.1. The van der Waals surface area contributed by atoms with E-state index in [9.17, 15) is 13.3 Å². The topological polar surface area (TPSA) is 64.9 Å². The van der Waals surface area contributed by atoms with Gasteiger partial charge in [0.2, 0.25) is 0 Å². The molecule has 0 radical (unpaired) electrons. The first-order chi connectivity index (χ1) is 16.2. The van der Waals surface area contributed by atoms with Gasteiger partial charge in [-0.15, -0.1) is 0 Å². The minimum atomic E-state index is -3.42. The number of aliphatic imine (C=N–C) groups is 1. The van der Waals surface area contributed by atoms with Gasteiger partial charge in [0, 0.05) is 18.0 Å². The van der Waals surface area contributed by atoms with Crippen molar-refractivity contribution in [1.29, 1.82) is 0 Å². The highest BCUT2D eigenvalue weighted by Gasteiger charge is 2.35. The van der Waals surface area contributed by atoms with Crippen LogP contribution in [0.4, 0.5) is 14.5 Å². The van der Waals surface area contributed by atoms with Crippen LogP contribution in [0, 0.1) is 11.6 Å². The van der Waals surface area contributed by atoms with Crippen LogP contribution in [0.15, 0.2) is 41.4 Å². The lowest BCUT2D eigenvalue weighted by Gasteiger charge is -2.32. The molecule has 0 fully saturated rings. The number of halogens is 2.